The largest absolute Gasteiger partial charge is 0.440 e. The van der Waals surface area contributed by atoms with Crippen molar-refractivity contribution in [1.82, 2.24) is 4.98 Å². The molecule has 0 bridgehead atoms. The molecule has 0 amide bonds. The molecule has 9 aromatic rings. The minimum atomic E-state index is 0.610. The number of benzene rings is 6. The van der Waals surface area contributed by atoms with Gasteiger partial charge in [-0.15, -0.1) is 0 Å². The number of fused-ring (bicyclic) bond motifs is 11. The van der Waals surface area contributed by atoms with E-state index in [9.17, 15) is 0 Å². The molecule has 0 saturated heterocycles. The maximum Gasteiger partial charge on any atom is 0.229 e. The monoisotopic (exact) mass is 579 g/mol. The van der Waals surface area contributed by atoms with Gasteiger partial charge in [-0.25, -0.2) is 4.98 Å². The average molecular weight is 580 g/mol. The van der Waals surface area contributed by atoms with Gasteiger partial charge in [-0.3, -0.25) is 0 Å². The third-order valence-corrected chi connectivity index (χ3v) is 9.10. The highest BCUT2D eigenvalue weighted by atomic mass is 16.4. The van der Waals surface area contributed by atoms with Crippen LogP contribution in [0.1, 0.15) is 5.56 Å². The third kappa shape index (κ3) is 3.52. The van der Waals surface area contributed by atoms with E-state index in [-0.39, 0.29) is 0 Å². The van der Waals surface area contributed by atoms with Crippen LogP contribution in [0.15, 0.2) is 136 Å². The Morgan fingerprint density at radius 1 is 0.600 bits per heavy atom. The molecule has 0 spiro atoms. The van der Waals surface area contributed by atoms with Crippen LogP contribution in [0.5, 0.6) is 0 Å². The Balaban J connectivity index is 1.34. The van der Waals surface area contributed by atoms with E-state index >= 15 is 0 Å². The number of anilines is 4. The summed E-state index contributed by atoms with van der Waals surface area (Å²) >= 11 is 0. The van der Waals surface area contributed by atoms with Crippen molar-refractivity contribution in [3.8, 4) is 0 Å². The van der Waals surface area contributed by atoms with Crippen LogP contribution in [0.2, 0.25) is 0 Å². The Labute approximate surface area is 257 Å². The summed E-state index contributed by atoms with van der Waals surface area (Å²) in [5.74, 6) is 0.796. The molecular weight excluding hydrogens is 554 g/mol. The van der Waals surface area contributed by atoms with Crippen LogP contribution in [0.3, 0.4) is 0 Å². The van der Waals surface area contributed by atoms with Gasteiger partial charge in [0.2, 0.25) is 11.6 Å². The molecule has 4 heterocycles. The first-order chi connectivity index (χ1) is 22.3. The van der Waals surface area contributed by atoms with Crippen LogP contribution < -0.4 is 10.2 Å². The summed E-state index contributed by atoms with van der Waals surface area (Å²) in [7, 11) is 0. The highest BCUT2D eigenvalue weighted by Gasteiger charge is 2.25. The van der Waals surface area contributed by atoms with Gasteiger partial charge in [-0.2, -0.15) is 0 Å². The van der Waals surface area contributed by atoms with Gasteiger partial charge in [0, 0.05) is 29.4 Å². The number of hydrogen-bond donors (Lipinski definition) is 1. The smallest absolute Gasteiger partial charge is 0.229 e. The van der Waals surface area contributed by atoms with Gasteiger partial charge in [-0.05, 0) is 68.7 Å². The molecule has 0 unspecified atom stereocenters. The quantitative estimate of drug-likeness (QED) is 0.211. The van der Waals surface area contributed by atoms with Gasteiger partial charge in [-0.1, -0.05) is 91.0 Å². The van der Waals surface area contributed by atoms with Gasteiger partial charge < -0.3 is 19.1 Å². The molecule has 6 aromatic carbocycles. The maximum atomic E-state index is 6.35. The molecule has 10 rings (SSSR count). The topological polar surface area (TPSA) is 54.4 Å². The predicted molar refractivity (Wildman–Crippen MR) is 186 cm³/mol. The molecule has 0 fully saturated rings. The summed E-state index contributed by atoms with van der Waals surface area (Å²) in [4.78, 5) is 7.01. The van der Waals surface area contributed by atoms with Crippen molar-refractivity contribution < 1.29 is 8.83 Å². The van der Waals surface area contributed by atoms with E-state index in [4.69, 9.17) is 8.83 Å². The second-order valence-electron chi connectivity index (χ2n) is 11.6. The summed E-state index contributed by atoms with van der Waals surface area (Å²) in [5.41, 5.74) is 6.36. The molecule has 0 saturated carbocycles. The van der Waals surface area contributed by atoms with E-state index in [1.165, 1.54) is 32.3 Å². The highest BCUT2D eigenvalue weighted by Crippen LogP contribution is 2.48. The SMILES string of the molecule is C1=Cc2c(oc3cccc(N(c4ccc5ccc6ccc7ccccc7c6c5c4)c4ccnc5oc6ccccc6c45)c23)NC1. The van der Waals surface area contributed by atoms with Crippen LogP contribution in [0, 0.1) is 0 Å². The van der Waals surface area contributed by atoms with Gasteiger partial charge in [0.05, 0.1) is 22.1 Å². The van der Waals surface area contributed by atoms with E-state index in [0.717, 1.165) is 62.4 Å². The number of nitrogens with one attached hydrogen (secondary N) is 1. The number of furan rings is 2. The molecule has 1 aliphatic rings. The fourth-order valence-corrected chi connectivity index (χ4v) is 7.14. The Bertz CT molecular complexity index is 2670. The van der Waals surface area contributed by atoms with E-state index in [0.29, 0.717) is 5.71 Å². The van der Waals surface area contributed by atoms with Gasteiger partial charge in [0.1, 0.15) is 11.2 Å². The first kappa shape index (κ1) is 24.4. The van der Waals surface area contributed by atoms with Crippen molar-refractivity contribution in [3.05, 3.63) is 133 Å². The molecule has 5 nitrogen and oxygen atoms in total. The van der Waals surface area contributed by atoms with Gasteiger partial charge in [0.15, 0.2) is 0 Å². The van der Waals surface area contributed by atoms with Crippen molar-refractivity contribution in [2.45, 2.75) is 0 Å². The summed E-state index contributed by atoms with van der Waals surface area (Å²) in [6, 6.07) is 40.8. The summed E-state index contributed by atoms with van der Waals surface area (Å²) in [6.45, 7) is 0.740. The number of para-hydroxylation sites is 1. The van der Waals surface area contributed by atoms with Crippen LogP contribution >= 0.6 is 0 Å². The van der Waals surface area contributed by atoms with Gasteiger partial charge in [0.25, 0.3) is 0 Å². The van der Waals surface area contributed by atoms with Crippen LogP contribution in [0.4, 0.5) is 22.9 Å². The van der Waals surface area contributed by atoms with Gasteiger partial charge >= 0.3 is 0 Å². The minimum absolute atomic E-state index is 0.610. The van der Waals surface area contributed by atoms with Crippen molar-refractivity contribution in [2.75, 3.05) is 16.8 Å². The number of rotatable bonds is 3. The van der Waals surface area contributed by atoms with Crippen molar-refractivity contribution in [2.24, 2.45) is 0 Å². The molecule has 212 valence electrons. The predicted octanol–water partition coefficient (Wildman–Crippen LogP) is 11.1. The van der Waals surface area contributed by atoms with E-state index in [2.05, 4.69) is 124 Å². The van der Waals surface area contributed by atoms with Crippen LogP contribution in [-0.2, 0) is 0 Å². The second-order valence-corrected chi connectivity index (χ2v) is 11.6. The Morgan fingerprint density at radius 2 is 1.36 bits per heavy atom. The molecule has 0 radical (unpaired) electrons. The van der Waals surface area contributed by atoms with Crippen molar-refractivity contribution in [1.29, 1.82) is 0 Å². The zero-order valence-electron chi connectivity index (χ0n) is 24.1. The fraction of sp³-hybridized carbons (Fsp3) is 0.0250. The van der Waals surface area contributed by atoms with Crippen LogP contribution in [-0.4, -0.2) is 11.5 Å². The molecule has 45 heavy (non-hydrogen) atoms. The lowest BCUT2D eigenvalue weighted by molar-refractivity contribution is 0.628. The first-order valence-corrected chi connectivity index (χ1v) is 15.2. The zero-order chi connectivity index (χ0) is 29.5. The number of nitrogens with zero attached hydrogens (tertiary/aromatic N) is 2. The zero-order valence-corrected chi connectivity index (χ0v) is 24.1. The Kier molecular flexibility index (Phi) is 4.99. The number of aromatic nitrogens is 1. The summed E-state index contributed by atoms with van der Waals surface area (Å²) in [6.07, 6.45) is 6.14. The molecule has 5 heteroatoms. The second kappa shape index (κ2) is 9.21. The average Bonchev–Trinajstić information content (AvgIpc) is 3.67. The van der Waals surface area contributed by atoms with Crippen molar-refractivity contribution >= 4 is 94.4 Å². The Morgan fingerprint density at radius 3 is 2.29 bits per heavy atom. The maximum absolute atomic E-state index is 6.35. The lowest BCUT2D eigenvalue weighted by Gasteiger charge is -2.27. The molecule has 0 aliphatic carbocycles. The molecule has 0 atom stereocenters. The molecule has 1 N–H and O–H groups in total. The van der Waals surface area contributed by atoms with E-state index in [1.54, 1.807) is 0 Å². The third-order valence-electron chi connectivity index (χ3n) is 9.10. The fourth-order valence-electron chi connectivity index (χ4n) is 7.14. The minimum Gasteiger partial charge on any atom is -0.440 e. The first-order valence-electron chi connectivity index (χ1n) is 15.2. The van der Waals surface area contributed by atoms with E-state index < -0.39 is 0 Å². The lowest BCUT2D eigenvalue weighted by Crippen LogP contribution is -2.11. The van der Waals surface area contributed by atoms with E-state index in [1.807, 2.05) is 24.4 Å². The molecule has 1 aliphatic heterocycles. The number of pyridine rings is 1. The molecular formula is C40H25N3O2. The van der Waals surface area contributed by atoms with Crippen molar-refractivity contribution in [3.63, 3.8) is 0 Å². The Hall–Kier alpha value is -6.07. The summed E-state index contributed by atoms with van der Waals surface area (Å²) in [5, 5.41) is 13.8. The number of hydrogen-bond acceptors (Lipinski definition) is 5. The highest BCUT2D eigenvalue weighted by molar-refractivity contribution is 6.21. The van der Waals surface area contributed by atoms with Crippen LogP contribution in [0.25, 0.3) is 71.4 Å². The standard InChI is InChI=1S/C40H25N3O2/c1-2-8-28-24(7-1)14-16-26-17-15-25-18-19-27(23-31(25)36(26)28)43(32-11-5-13-35-37(32)30-10-6-21-41-39(30)45-35)33-20-22-42-40-38(33)29-9-3-4-12-34(29)44-40/h1-20,22-23,41H,21H2. The normalized spacial score (nSPS) is 12.9. The molecule has 3 aromatic heterocycles. The summed E-state index contributed by atoms with van der Waals surface area (Å²) < 4.78 is 12.6. The lowest BCUT2D eigenvalue weighted by atomic mass is 9.96.